The van der Waals surface area contributed by atoms with E-state index < -0.39 is 0 Å². The number of aliphatic imine (C=N–C) groups is 1. The summed E-state index contributed by atoms with van der Waals surface area (Å²) in [7, 11) is 0. The average molecular weight is 172 g/mol. The van der Waals surface area contributed by atoms with E-state index in [0.29, 0.717) is 5.17 Å². The molecule has 1 aliphatic rings. The zero-order valence-electron chi connectivity index (χ0n) is 6.25. The summed E-state index contributed by atoms with van der Waals surface area (Å²) in [6.45, 7) is 3.14. The van der Waals surface area contributed by atoms with Crippen LogP contribution in [0.1, 0.15) is 13.8 Å². The molecule has 5 heteroatoms. The molecular weight excluding hydrogens is 164 g/mol. The molecule has 4 nitrogen and oxygen atoms in total. The van der Waals surface area contributed by atoms with Crippen molar-refractivity contribution < 1.29 is 9.59 Å². The minimum atomic E-state index is -0.196. The first kappa shape index (κ1) is 8.26. The molecule has 0 bridgehead atoms. The Hall–Kier alpha value is -0.840. The zero-order valence-corrected chi connectivity index (χ0v) is 7.07. The monoisotopic (exact) mass is 172 g/mol. The summed E-state index contributed by atoms with van der Waals surface area (Å²) < 4.78 is 0. The maximum atomic E-state index is 10.8. The van der Waals surface area contributed by atoms with Gasteiger partial charge >= 0.3 is 0 Å². The van der Waals surface area contributed by atoms with E-state index in [9.17, 15) is 9.59 Å². The molecule has 60 valence electrons. The van der Waals surface area contributed by atoms with Crippen LogP contribution in [0.4, 0.5) is 0 Å². The van der Waals surface area contributed by atoms with Gasteiger partial charge in [0.05, 0.1) is 5.25 Å². The first-order valence-corrected chi connectivity index (χ1v) is 4.04. The zero-order chi connectivity index (χ0) is 8.43. The first-order valence-electron chi connectivity index (χ1n) is 3.16. The van der Waals surface area contributed by atoms with Gasteiger partial charge in [-0.15, -0.1) is 0 Å². The van der Waals surface area contributed by atoms with Gasteiger partial charge in [-0.1, -0.05) is 11.8 Å². The topological polar surface area (TPSA) is 58.5 Å². The molecule has 0 saturated carbocycles. The molecule has 1 aliphatic heterocycles. The molecule has 0 aromatic carbocycles. The lowest BCUT2D eigenvalue weighted by Crippen LogP contribution is -2.24. The molecule has 1 rings (SSSR count). The second-order valence-electron chi connectivity index (χ2n) is 2.20. The van der Waals surface area contributed by atoms with Crippen molar-refractivity contribution in [1.82, 2.24) is 5.32 Å². The molecule has 0 unspecified atom stereocenters. The molecule has 1 N–H and O–H groups in total. The fourth-order valence-electron chi connectivity index (χ4n) is 0.643. The van der Waals surface area contributed by atoms with Crippen LogP contribution in [-0.2, 0) is 9.59 Å². The SMILES string of the molecule is CC(=O)NC1=NC(=O)[C@H](C)S1. The number of amidine groups is 1. The number of nitrogens with one attached hydrogen (secondary N) is 1. The molecule has 1 atom stereocenters. The number of hydrogen-bond donors (Lipinski definition) is 1. The van der Waals surface area contributed by atoms with Gasteiger partial charge in [-0.3, -0.25) is 9.59 Å². The summed E-state index contributed by atoms with van der Waals surface area (Å²) in [5.41, 5.74) is 0. The van der Waals surface area contributed by atoms with E-state index in [1.807, 2.05) is 0 Å². The molecule has 2 amide bonds. The van der Waals surface area contributed by atoms with Crippen LogP contribution in [0.15, 0.2) is 4.99 Å². The summed E-state index contributed by atoms with van der Waals surface area (Å²) in [6, 6.07) is 0. The summed E-state index contributed by atoms with van der Waals surface area (Å²) in [5, 5.41) is 2.71. The summed E-state index contributed by atoms with van der Waals surface area (Å²) in [5.74, 6) is -0.378. The normalized spacial score (nSPS) is 23.3. The molecule has 0 spiro atoms. The molecule has 1 heterocycles. The number of carbonyl (C=O) groups excluding carboxylic acids is 2. The van der Waals surface area contributed by atoms with Gasteiger partial charge in [0.2, 0.25) is 5.91 Å². The average Bonchev–Trinajstić information content (AvgIpc) is 2.10. The highest BCUT2D eigenvalue weighted by Gasteiger charge is 2.24. The van der Waals surface area contributed by atoms with E-state index in [1.54, 1.807) is 6.92 Å². The molecule has 0 aliphatic carbocycles. The number of carbonyl (C=O) groups is 2. The highest BCUT2D eigenvalue weighted by Crippen LogP contribution is 2.19. The van der Waals surface area contributed by atoms with Crippen LogP contribution in [0.25, 0.3) is 0 Å². The van der Waals surface area contributed by atoms with E-state index in [0.717, 1.165) is 0 Å². The van der Waals surface area contributed by atoms with Crippen molar-refractivity contribution in [2.75, 3.05) is 0 Å². The standard InChI is InChI=1S/C6H8N2O2S/c1-3-5(10)8-6(11-3)7-4(2)9/h3H,1-2H3,(H,7,8,9,10)/t3-/m0/s1. The van der Waals surface area contributed by atoms with Gasteiger partial charge < -0.3 is 5.32 Å². The Balaban J connectivity index is 2.57. The van der Waals surface area contributed by atoms with Crippen molar-refractivity contribution in [3.05, 3.63) is 0 Å². The largest absolute Gasteiger partial charge is 0.305 e. The van der Waals surface area contributed by atoms with E-state index in [2.05, 4.69) is 10.3 Å². The second-order valence-corrected chi connectivity index (χ2v) is 3.53. The van der Waals surface area contributed by atoms with Crippen molar-refractivity contribution in [1.29, 1.82) is 0 Å². The molecule has 0 fully saturated rings. The molecule has 0 radical (unpaired) electrons. The number of hydrogen-bond acceptors (Lipinski definition) is 3. The van der Waals surface area contributed by atoms with Crippen LogP contribution in [-0.4, -0.2) is 22.2 Å². The molecule has 11 heavy (non-hydrogen) atoms. The Labute approximate surface area is 68.4 Å². The van der Waals surface area contributed by atoms with Gasteiger partial charge in [0.1, 0.15) is 0 Å². The van der Waals surface area contributed by atoms with Crippen LogP contribution < -0.4 is 5.32 Å². The third-order valence-corrected chi connectivity index (χ3v) is 2.10. The predicted molar refractivity (Wildman–Crippen MR) is 43.3 cm³/mol. The van der Waals surface area contributed by atoms with Gasteiger partial charge in [-0.2, -0.15) is 4.99 Å². The first-order chi connectivity index (χ1) is 5.09. The Morgan fingerprint density at radius 3 is 2.73 bits per heavy atom. The van der Waals surface area contributed by atoms with Crippen molar-refractivity contribution in [2.45, 2.75) is 19.1 Å². The number of nitrogens with zero attached hydrogens (tertiary/aromatic N) is 1. The van der Waals surface area contributed by atoms with Gasteiger partial charge in [0.15, 0.2) is 5.17 Å². The van der Waals surface area contributed by atoms with Crippen LogP contribution in [0.5, 0.6) is 0 Å². The van der Waals surface area contributed by atoms with Gasteiger partial charge in [-0.25, -0.2) is 0 Å². The maximum absolute atomic E-state index is 10.8. The van der Waals surface area contributed by atoms with Gasteiger partial charge in [-0.05, 0) is 6.92 Å². The molecule has 0 saturated heterocycles. The lowest BCUT2D eigenvalue weighted by molar-refractivity contribution is -0.117. The lowest BCUT2D eigenvalue weighted by atomic mass is 10.5. The maximum Gasteiger partial charge on any atom is 0.261 e. The predicted octanol–water partition coefficient (Wildman–Crippen LogP) is 0.140. The Morgan fingerprint density at radius 2 is 2.36 bits per heavy atom. The van der Waals surface area contributed by atoms with E-state index in [1.165, 1.54) is 18.7 Å². The number of amides is 2. The fraction of sp³-hybridized carbons (Fsp3) is 0.500. The van der Waals surface area contributed by atoms with Crippen molar-refractivity contribution in [3.63, 3.8) is 0 Å². The van der Waals surface area contributed by atoms with Crippen LogP contribution >= 0.6 is 11.8 Å². The Kier molecular flexibility index (Phi) is 2.28. The van der Waals surface area contributed by atoms with Crippen molar-refractivity contribution in [2.24, 2.45) is 4.99 Å². The minimum absolute atomic E-state index is 0.156. The quantitative estimate of drug-likeness (QED) is 0.565. The summed E-state index contributed by atoms with van der Waals surface area (Å²) >= 11 is 1.27. The summed E-state index contributed by atoms with van der Waals surface area (Å²) in [4.78, 5) is 24.9. The van der Waals surface area contributed by atoms with Crippen LogP contribution in [0, 0.1) is 0 Å². The van der Waals surface area contributed by atoms with Crippen LogP contribution in [0.3, 0.4) is 0 Å². The Morgan fingerprint density at radius 1 is 1.73 bits per heavy atom. The van der Waals surface area contributed by atoms with E-state index >= 15 is 0 Å². The molecular formula is C6H8N2O2S. The van der Waals surface area contributed by atoms with Crippen LogP contribution in [0.2, 0.25) is 0 Å². The smallest absolute Gasteiger partial charge is 0.261 e. The molecule has 0 aromatic heterocycles. The minimum Gasteiger partial charge on any atom is -0.305 e. The van der Waals surface area contributed by atoms with E-state index in [4.69, 9.17) is 0 Å². The van der Waals surface area contributed by atoms with Gasteiger partial charge in [0.25, 0.3) is 5.91 Å². The van der Waals surface area contributed by atoms with Gasteiger partial charge in [0, 0.05) is 6.92 Å². The van der Waals surface area contributed by atoms with Crippen molar-refractivity contribution in [3.8, 4) is 0 Å². The van der Waals surface area contributed by atoms with Crippen molar-refractivity contribution >= 4 is 28.7 Å². The highest BCUT2D eigenvalue weighted by atomic mass is 32.2. The lowest BCUT2D eigenvalue weighted by Gasteiger charge is -1.98. The third kappa shape index (κ3) is 2.04. The summed E-state index contributed by atoms with van der Waals surface area (Å²) in [6.07, 6.45) is 0. The fourth-order valence-corrected chi connectivity index (χ4v) is 1.48. The number of thioether (sulfide) groups is 1. The highest BCUT2D eigenvalue weighted by molar-refractivity contribution is 8.15. The number of rotatable bonds is 0. The molecule has 0 aromatic rings. The Bertz CT molecular complexity index is 237. The van der Waals surface area contributed by atoms with E-state index in [-0.39, 0.29) is 17.1 Å². The second kappa shape index (κ2) is 3.04. The third-order valence-electron chi connectivity index (χ3n) is 1.13.